The van der Waals surface area contributed by atoms with Crippen LogP contribution in [0.15, 0.2) is 95.9 Å². The van der Waals surface area contributed by atoms with E-state index < -0.39 is 5.60 Å². The summed E-state index contributed by atoms with van der Waals surface area (Å²) < 4.78 is 18.8. The fraction of sp³-hybridized carbons (Fsp3) is 0.318. The number of methoxy groups -OCH3 is 2. The highest BCUT2D eigenvalue weighted by Gasteiger charge is 2.65. The quantitative estimate of drug-likeness (QED) is 0.142. The molecule has 0 atom stereocenters. The maximum atomic E-state index is 7.69. The van der Waals surface area contributed by atoms with Crippen LogP contribution < -0.4 is 14.2 Å². The monoisotopic (exact) mass is 684 g/mol. The van der Waals surface area contributed by atoms with Crippen LogP contribution >= 0.6 is 24.4 Å². The first kappa shape index (κ1) is 32.4. The van der Waals surface area contributed by atoms with Crippen LogP contribution in [0.25, 0.3) is 28.0 Å². The Morgan fingerprint density at radius 2 is 1.37 bits per heavy atom. The van der Waals surface area contributed by atoms with Crippen molar-refractivity contribution in [2.75, 3.05) is 20.5 Å². The third-order valence-electron chi connectivity index (χ3n) is 12.0. The molecule has 0 bridgehead atoms. The topological polar surface area (TPSA) is 27.7 Å². The van der Waals surface area contributed by atoms with Gasteiger partial charge >= 0.3 is 0 Å². The Morgan fingerprint density at radius 1 is 0.776 bits per heavy atom. The minimum absolute atomic E-state index is 0.0131. The molecular formula is C44H44O3S2. The SMILES string of the molecule is COc1ccc(C2(c3ccc(OC)cc3)C=Cc3c4c(c5cc(CS)c(SC)cc5c3O2)-c2ccccc2C42C(C)(C)CCC2(C)C)cc1. The number of thioether (sulfide) groups is 1. The molecule has 3 aliphatic rings. The summed E-state index contributed by atoms with van der Waals surface area (Å²) in [6, 6.07) is 30.6. The molecule has 250 valence electrons. The highest BCUT2D eigenvalue weighted by molar-refractivity contribution is 7.98. The molecule has 3 nitrogen and oxygen atoms in total. The summed E-state index contributed by atoms with van der Waals surface area (Å²) in [5.74, 6) is 3.23. The van der Waals surface area contributed by atoms with Gasteiger partial charge in [0.1, 0.15) is 17.2 Å². The normalized spacial score (nSPS) is 18.5. The smallest absolute Gasteiger partial charge is 0.178 e. The van der Waals surface area contributed by atoms with E-state index in [1.807, 2.05) is 24.3 Å². The van der Waals surface area contributed by atoms with Gasteiger partial charge in [0.15, 0.2) is 5.60 Å². The highest BCUT2D eigenvalue weighted by atomic mass is 32.2. The fourth-order valence-electron chi connectivity index (χ4n) is 9.83. The highest BCUT2D eigenvalue weighted by Crippen LogP contribution is 2.73. The molecule has 1 fully saturated rings. The Balaban J connectivity index is 1.52. The van der Waals surface area contributed by atoms with Gasteiger partial charge in [-0.15, -0.1) is 11.8 Å². The molecule has 0 aromatic heterocycles. The number of hydrogen-bond donors (Lipinski definition) is 1. The standard InChI is InChI=1S/C44H44O3S2/c1-41(2)22-23-42(3,4)44(41)36-11-9-8-10-32(36)38-34-24-27(26-48)37(49-7)25-35(34)40-33(39(38)44)20-21-43(47-40,28-12-16-30(45-5)17-13-28)29-14-18-31(46-6)19-15-29/h8-21,24-25,48H,22-23,26H2,1-7H3. The molecule has 0 amide bonds. The molecule has 0 saturated heterocycles. The van der Waals surface area contributed by atoms with Crippen molar-refractivity contribution in [3.63, 3.8) is 0 Å². The average Bonchev–Trinajstić information content (AvgIpc) is 3.56. The molecule has 0 N–H and O–H groups in total. The van der Waals surface area contributed by atoms with Crippen LogP contribution in [0.3, 0.4) is 0 Å². The van der Waals surface area contributed by atoms with Gasteiger partial charge in [-0.05, 0) is 106 Å². The van der Waals surface area contributed by atoms with E-state index in [1.54, 1.807) is 26.0 Å². The molecule has 1 heterocycles. The van der Waals surface area contributed by atoms with E-state index in [1.165, 1.54) is 43.7 Å². The van der Waals surface area contributed by atoms with Crippen LogP contribution in [0.1, 0.15) is 73.9 Å². The minimum atomic E-state index is -0.881. The molecule has 5 heteroatoms. The van der Waals surface area contributed by atoms with Crippen LogP contribution in [-0.2, 0) is 16.8 Å². The van der Waals surface area contributed by atoms with Gasteiger partial charge in [0.25, 0.3) is 0 Å². The molecule has 2 aliphatic carbocycles. The summed E-state index contributed by atoms with van der Waals surface area (Å²) in [4.78, 5) is 1.23. The lowest BCUT2D eigenvalue weighted by Crippen LogP contribution is -2.47. The molecule has 8 rings (SSSR count). The Bertz CT molecular complexity index is 2080. The fourth-order valence-corrected chi connectivity index (χ4v) is 10.8. The second kappa shape index (κ2) is 11.4. The Hall–Kier alpha value is -3.80. The summed E-state index contributed by atoms with van der Waals surface area (Å²) in [5, 5.41) is 2.38. The molecule has 1 spiro atoms. The molecule has 49 heavy (non-hydrogen) atoms. The third-order valence-corrected chi connectivity index (χ3v) is 13.2. The first-order chi connectivity index (χ1) is 23.6. The lowest BCUT2D eigenvalue weighted by molar-refractivity contribution is 0.144. The van der Waals surface area contributed by atoms with Crippen molar-refractivity contribution < 1.29 is 14.2 Å². The van der Waals surface area contributed by atoms with Crippen LogP contribution in [0.4, 0.5) is 0 Å². The zero-order chi connectivity index (χ0) is 34.3. The number of thiol groups is 1. The van der Waals surface area contributed by atoms with Crippen LogP contribution in [-0.4, -0.2) is 20.5 Å². The van der Waals surface area contributed by atoms with E-state index >= 15 is 0 Å². The summed E-state index contributed by atoms with van der Waals surface area (Å²) in [5.41, 5.74) is 9.02. The molecule has 5 aromatic rings. The van der Waals surface area contributed by atoms with Gasteiger partial charge in [0.2, 0.25) is 0 Å². The first-order valence-electron chi connectivity index (χ1n) is 17.2. The molecular weight excluding hydrogens is 641 g/mol. The number of ether oxygens (including phenoxy) is 3. The zero-order valence-corrected chi connectivity index (χ0v) is 31.2. The predicted octanol–water partition coefficient (Wildman–Crippen LogP) is 11.5. The second-order valence-corrected chi connectivity index (χ2v) is 16.2. The van der Waals surface area contributed by atoms with Crippen molar-refractivity contribution in [2.24, 2.45) is 10.8 Å². The van der Waals surface area contributed by atoms with Gasteiger partial charge in [0.05, 0.1) is 14.2 Å². The number of fused-ring (bicyclic) bond motifs is 10. The largest absolute Gasteiger partial charge is 0.497 e. The summed E-state index contributed by atoms with van der Waals surface area (Å²) in [7, 11) is 3.41. The molecule has 5 aromatic carbocycles. The number of hydrogen-bond acceptors (Lipinski definition) is 5. The van der Waals surface area contributed by atoms with Crippen molar-refractivity contribution in [2.45, 2.75) is 62.2 Å². The van der Waals surface area contributed by atoms with E-state index in [4.69, 9.17) is 26.8 Å². The maximum Gasteiger partial charge on any atom is 0.178 e. The van der Waals surface area contributed by atoms with Crippen LogP contribution in [0.2, 0.25) is 0 Å². The zero-order valence-electron chi connectivity index (χ0n) is 29.4. The maximum absolute atomic E-state index is 7.69. The molecule has 0 radical (unpaired) electrons. The Kier molecular flexibility index (Phi) is 7.52. The second-order valence-electron chi connectivity index (χ2n) is 15.1. The van der Waals surface area contributed by atoms with Crippen LogP contribution in [0.5, 0.6) is 17.2 Å². The number of rotatable bonds is 6. The van der Waals surface area contributed by atoms with Gasteiger partial charge in [-0.3, -0.25) is 0 Å². The van der Waals surface area contributed by atoms with E-state index in [0.717, 1.165) is 46.6 Å². The van der Waals surface area contributed by atoms with Gasteiger partial charge < -0.3 is 14.2 Å². The van der Waals surface area contributed by atoms with Gasteiger partial charge in [-0.1, -0.05) is 82.3 Å². The van der Waals surface area contributed by atoms with Crippen molar-refractivity contribution in [1.82, 2.24) is 0 Å². The van der Waals surface area contributed by atoms with Gasteiger partial charge in [-0.25, -0.2) is 0 Å². The minimum Gasteiger partial charge on any atom is -0.497 e. The van der Waals surface area contributed by atoms with Crippen molar-refractivity contribution in [1.29, 1.82) is 0 Å². The van der Waals surface area contributed by atoms with Crippen molar-refractivity contribution in [3.05, 3.63) is 124 Å². The van der Waals surface area contributed by atoms with E-state index in [2.05, 4.69) is 107 Å². The van der Waals surface area contributed by atoms with Crippen molar-refractivity contribution in [3.8, 4) is 28.4 Å². The van der Waals surface area contributed by atoms with E-state index in [-0.39, 0.29) is 16.2 Å². The third kappa shape index (κ3) is 4.31. The summed E-state index contributed by atoms with van der Waals surface area (Å²) in [6.07, 6.45) is 9.13. The Morgan fingerprint density at radius 3 is 1.92 bits per heavy atom. The molecule has 0 unspecified atom stereocenters. The number of benzene rings is 5. The summed E-state index contributed by atoms with van der Waals surface area (Å²) in [6.45, 7) is 9.97. The first-order valence-corrected chi connectivity index (χ1v) is 19.0. The summed E-state index contributed by atoms with van der Waals surface area (Å²) >= 11 is 6.61. The Labute approximate surface area is 300 Å². The van der Waals surface area contributed by atoms with E-state index in [0.29, 0.717) is 5.75 Å². The van der Waals surface area contributed by atoms with E-state index in [9.17, 15) is 0 Å². The lowest BCUT2D eigenvalue weighted by atomic mass is 9.53. The lowest BCUT2D eigenvalue weighted by Gasteiger charge is -2.50. The molecule has 1 aliphatic heterocycles. The van der Waals surface area contributed by atoms with Gasteiger partial charge in [-0.2, -0.15) is 12.6 Å². The van der Waals surface area contributed by atoms with Crippen LogP contribution in [0, 0.1) is 10.8 Å². The average molecular weight is 685 g/mol. The van der Waals surface area contributed by atoms with Gasteiger partial charge in [0, 0.05) is 38.1 Å². The van der Waals surface area contributed by atoms with Crippen molar-refractivity contribution >= 4 is 41.2 Å². The predicted molar refractivity (Wildman–Crippen MR) is 208 cm³/mol. The molecule has 1 saturated carbocycles.